The summed E-state index contributed by atoms with van der Waals surface area (Å²) in [5, 5.41) is 6.77. The standard InChI is InChI=1S/C29H32ClN3O4/c1-36-26-12-7-20(19-27(26)37-2)13-16-31-29(35)24-5-3-4-6-25(24)33-17-14-23(15-18-33)32-28(34)21-8-10-22(30)11-9-21/h3-12,19,23H,13-18H2,1-2H3,(H,31,35)(H,32,34). The molecule has 0 aliphatic carbocycles. The number of ether oxygens (including phenoxy) is 2. The van der Waals surface area contributed by atoms with Gasteiger partial charge in [-0.1, -0.05) is 29.8 Å². The number of methoxy groups -OCH3 is 2. The molecule has 0 bridgehead atoms. The van der Waals surface area contributed by atoms with Crippen LogP contribution in [0.15, 0.2) is 66.7 Å². The highest BCUT2D eigenvalue weighted by atomic mass is 35.5. The summed E-state index contributed by atoms with van der Waals surface area (Å²) in [5.41, 5.74) is 3.21. The second-order valence-electron chi connectivity index (χ2n) is 8.95. The van der Waals surface area contributed by atoms with Gasteiger partial charge < -0.3 is 25.0 Å². The largest absolute Gasteiger partial charge is 0.493 e. The van der Waals surface area contributed by atoms with Gasteiger partial charge in [0.1, 0.15) is 0 Å². The number of hydrogen-bond donors (Lipinski definition) is 2. The molecule has 1 aliphatic heterocycles. The van der Waals surface area contributed by atoms with Crippen LogP contribution < -0.4 is 25.0 Å². The van der Waals surface area contributed by atoms with Crippen LogP contribution in [0.2, 0.25) is 5.02 Å². The molecular formula is C29H32ClN3O4. The van der Waals surface area contributed by atoms with E-state index in [1.54, 1.807) is 38.5 Å². The van der Waals surface area contributed by atoms with Gasteiger partial charge in [-0.25, -0.2) is 0 Å². The molecule has 2 N–H and O–H groups in total. The molecule has 1 fully saturated rings. The van der Waals surface area contributed by atoms with Gasteiger partial charge in [0.05, 0.1) is 19.8 Å². The smallest absolute Gasteiger partial charge is 0.253 e. The summed E-state index contributed by atoms with van der Waals surface area (Å²) in [7, 11) is 3.21. The number of halogens is 1. The number of piperidine rings is 1. The van der Waals surface area contributed by atoms with Gasteiger partial charge in [0.2, 0.25) is 0 Å². The van der Waals surface area contributed by atoms with Crippen LogP contribution in [0.5, 0.6) is 11.5 Å². The predicted molar refractivity (Wildman–Crippen MR) is 146 cm³/mol. The van der Waals surface area contributed by atoms with Crippen molar-refractivity contribution in [1.29, 1.82) is 0 Å². The summed E-state index contributed by atoms with van der Waals surface area (Å²) in [6.07, 6.45) is 2.27. The molecule has 0 radical (unpaired) electrons. The molecule has 0 spiro atoms. The van der Waals surface area contributed by atoms with Crippen LogP contribution in [0.1, 0.15) is 39.1 Å². The van der Waals surface area contributed by atoms with Crippen LogP contribution in [-0.2, 0) is 6.42 Å². The normalized spacial score (nSPS) is 13.6. The van der Waals surface area contributed by atoms with Crippen LogP contribution in [0.3, 0.4) is 0 Å². The lowest BCUT2D eigenvalue weighted by Gasteiger charge is -2.35. The Labute approximate surface area is 222 Å². The van der Waals surface area contributed by atoms with E-state index in [9.17, 15) is 9.59 Å². The van der Waals surface area contributed by atoms with E-state index in [4.69, 9.17) is 21.1 Å². The quantitative estimate of drug-likeness (QED) is 0.425. The maximum atomic E-state index is 13.1. The van der Waals surface area contributed by atoms with Gasteiger partial charge >= 0.3 is 0 Å². The number of hydrogen-bond acceptors (Lipinski definition) is 5. The molecule has 8 heteroatoms. The first-order valence-corrected chi connectivity index (χ1v) is 12.8. The molecule has 0 unspecified atom stereocenters. The van der Waals surface area contributed by atoms with Crippen LogP contribution in [0.4, 0.5) is 5.69 Å². The SMILES string of the molecule is COc1ccc(CCNC(=O)c2ccccc2N2CCC(NC(=O)c3ccc(Cl)cc3)CC2)cc1OC. The van der Waals surface area contributed by atoms with Crippen molar-refractivity contribution < 1.29 is 19.1 Å². The Bertz CT molecular complexity index is 1220. The fourth-order valence-electron chi connectivity index (χ4n) is 4.53. The number of nitrogens with one attached hydrogen (secondary N) is 2. The zero-order valence-electron chi connectivity index (χ0n) is 21.1. The lowest BCUT2D eigenvalue weighted by atomic mass is 10.0. The topological polar surface area (TPSA) is 79.9 Å². The van der Waals surface area contributed by atoms with E-state index < -0.39 is 0 Å². The number of rotatable bonds is 9. The third-order valence-corrected chi connectivity index (χ3v) is 6.83. The van der Waals surface area contributed by atoms with Crippen LogP contribution in [0, 0.1) is 0 Å². The first-order valence-electron chi connectivity index (χ1n) is 12.4. The van der Waals surface area contributed by atoms with Crippen molar-refractivity contribution in [2.75, 3.05) is 38.8 Å². The number of anilines is 1. The van der Waals surface area contributed by atoms with Gasteiger partial charge in [-0.3, -0.25) is 9.59 Å². The summed E-state index contributed by atoms with van der Waals surface area (Å²) in [4.78, 5) is 27.8. The second kappa shape index (κ2) is 12.5. The first kappa shape index (κ1) is 26.4. The highest BCUT2D eigenvalue weighted by molar-refractivity contribution is 6.30. The highest BCUT2D eigenvalue weighted by Crippen LogP contribution is 2.28. The highest BCUT2D eigenvalue weighted by Gasteiger charge is 2.24. The summed E-state index contributed by atoms with van der Waals surface area (Å²) < 4.78 is 10.7. The van der Waals surface area contributed by atoms with E-state index in [0.29, 0.717) is 40.6 Å². The molecule has 0 atom stereocenters. The van der Waals surface area contributed by atoms with E-state index >= 15 is 0 Å². The molecule has 7 nitrogen and oxygen atoms in total. The Morgan fingerprint density at radius 3 is 2.32 bits per heavy atom. The molecule has 3 aromatic rings. The molecule has 194 valence electrons. The van der Waals surface area contributed by atoms with Gasteiger partial charge in [0, 0.05) is 41.9 Å². The fraction of sp³-hybridized carbons (Fsp3) is 0.310. The van der Waals surface area contributed by atoms with E-state index in [1.807, 2.05) is 42.5 Å². The van der Waals surface area contributed by atoms with Crippen molar-refractivity contribution in [2.45, 2.75) is 25.3 Å². The molecule has 0 aromatic heterocycles. The summed E-state index contributed by atoms with van der Waals surface area (Å²) in [6, 6.07) is 20.4. The van der Waals surface area contributed by atoms with Gasteiger partial charge in [0.15, 0.2) is 11.5 Å². The fourth-order valence-corrected chi connectivity index (χ4v) is 4.65. The molecule has 4 rings (SSSR count). The van der Waals surface area contributed by atoms with Crippen LogP contribution in [-0.4, -0.2) is 51.7 Å². The maximum absolute atomic E-state index is 13.1. The minimum absolute atomic E-state index is 0.0851. The number of amides is 2. The molecule has 37 heavy (non-hydrogen) atoms. The third-order valence-electron chi connectivity index (χ3n) is 6.57. The van der Waals surface area contributed by atoms with E-state index in [-0.39, 0.29) is 17.9 Å². The van der Waals surface area contributed by atoms with Crippen molar-refractivity contribution in [1.82, 2.24) is 10.6 Å². The Morgan fingerprint density at radius 1 is 0.919 bits per heavy atom. The van der Waals surface area contributed by atoms with E-state index in [2.05, 4.69) is 15.5 Å². The summed E-state index contributed by atoms with van der Waals surface area (Å²) in [5.74, 6) is 1.15. The average molecular weight is 522 g/mol. The van der Waals surface area contributed by atoms with Crippen molar-refractivity contribution in [3.8, 4) is 11.5 Å². The third kappa shape index (κ3) is 6.74. The zero-order valence-corrected chi connectivity index (χ0v) is 21.9. The number of para-hydroxylation sites is 1. The lowest BCUT2D eigenvalue weighted by Crippen LogP contribution is -2.45. The van der Waals surface area contributed by atoms with Crippen LogP contribution in [0.25, 0.3) is 0 Å². The van der Waals surface area contributed by atoms with Gasteiger partial charge in [-0.05, 0) is 73.4 Å². The van der Waals surface area contributed by atoms with Crippen molar-refractivity contribution >= 4 is 29.1 Å². The van der Waals surface area contributed by atoms with E-state index in [1.165, 1.54) is 0 Å². The average Bonchev–Trinajstić information content (AvgIpc) is 2.93. The molecule has 3 aromatic carbocycles. The monoisotopic (exact) mass is 521 g/mol. The Kier molecular flexibility index (Phi) is 8.90. The Hall–Kier alpha value is -3.71. The Morgan fingerprint density at radius 2 is 1.62 bits per heavy atom. The second-order valence-corrected chi connectivity index (χ2v) is 9.39. The Balaban J connectivity index is 1.31. The first-order chi connectivity index (χ1) is 18.0. The van der Waals surface area contributed by atoms with Crippen molar-refractivity contribution in [3.05, 3.63) is 88.4 Å². The molecule has 0 saturated carbocycles. The van der Waals surface area contributed by atoms with E-state index in [0.717, 1.165) is 37.2 Å². The van der Waals surface area contributed by atoms with Crippen molar-refractivity contribution in [2.24, 2.45) is 0 Å². The minimum atomic E-state index is -0.103. The maximum Gasteiger partial charge on any atom is 0.253 e. The molecule has 1 aliphatic rings. The minimum Gasteiger partial charge on any atom is -0.493 e. The number of benzene rings is 3. The lowest BCUT2D eigenvalue weighted by molar-refractivity contribution is 0.0929. The zero-order chi connectivity index (χ0) is 26.2. The number of carbonyl (C=O) groups is 2. The molecule has 1 heterocycles. The molecule has 2 amide bonds. The molecular weight excluding hydrogens is 490 g/mol. The van der Waals surface area contributed by atoms with Crippen molar-refractivity contribution in [3.63, 3.8) is 0 Å². The number of nitrogens with zero attached hydrogens (tertiary/aromatic N) is 1. The van der Waals surface area contributed by atoms with Gasteiger partial charge in [0.25, 0.3) is 11.8 Å². The van der Waals surface area contributed by atoms with Crippen LogP contribution >= 0.6 is 11.6 Å². The predicted octanol–water partition coefficient (Wildman–Crippen LogP) is 4.73. The summed E-state index contributed by atoms with van der Waals surface area (Å²) >= 11 is 5.92. The number of carbonyl (C=O) groups excluding carboxylic acids is 2. The molecule has 1 saturated heterocycles. The van der Waals surface area contributed by atoms with Gasteiger partial charge in [-0.15, -0.1) is 0 Å². The summed E-state index contributed by atoms with van der Waals surface area (Å²) in [6.45, 7) is 2.00. The van der Waals surface area contributed by atoms with Gasteiger partial charge in [-0.2, -0.15) is 0 Å².